The van der Waals surface area contributed by atoms with Gasteiger partial charge in [0.1, 0.15) is 5.82 Å². The summed E-state index contributed by atoms with van der Waals surface area (Å²) in [7, 11) is 1.36. The lowest BCUT2D eigenvalue weighted by Crippen LogP contribution is -2.41. The molecular formula is C18H21FN4O4. The first-order valence-electron chi connectivity index (χ1n) is 8.61. The van der Waals surface area contributed by atoms with Crippen LogP contribution in [0, 0.1) is 5.82 Å². The lowest BCUT2D eigenvalue weighted by Gasteiger charge is -2.26. The first-order valence-corrected chi connectivity index (χ1v) is 8.61. The Hall–Kier alpha value is -2.78. The zero-order valence-electron chi connectivity index (χ0n) is 15.0. The standard InChI is InChI=1S/C18H21FN4O4/c1-26-15-12-16(24)23(14-4-2-13(19)3-5-14)21-17(15)18(25)20-6-7-22-8-10-27-11-9-22/h2-5,12H,6-11H2,1H3,(H,20,25). The number of hydrogen-bond donors (Lipinski definition) is 1. The number of halogens is 1. The Morgan fingerprint density at radius 3 is 2.67 bits per heavy atom. The van der Waals surface area contributed by atoms with E-state index in [0.717, 1.165) is 17.8 Å². The molecule has 1 saturated heterocycles. The molecule has 1 amide bonds. The van der Waals surface area contributed by atoms with Crippen LogP contribution in [0.2, 0.25) is 0 Å². The van der Waals surface area contributed by atoms with Crippen LogP contribution in [0.25, 0.3) is 5.69 Å². The number of amides is 1. The first-order chi connectivity index (χ1) is 13.1. The lowest BCUT2D eigenvalue weighted by atomic mass is 10.3. The van der Waals surface area contributed by atoms with Crippen LogP contribution in [0.3, 0.4) is 0 Å². The van der Waals surface area contributed by atoms with Crippen molar-refractivity contribution in [2.75, 3.05) is 46.5 Å². The summed E-state index contributed by atoms with van der Waals surface area (Å²) in [5, 5.41) is 6.91. The van der Waals surface area contributed by atoms with Gasteiger partial charge in [-0.25, -0.2) is 4.39 Å². The molecule has 0 saturated carbocycles. The van der Waals surface area contributed by atoms with Gasteiger partial charge in [0.05, 0.1) is 32.1 Å². The first kappa shape index (κ1) is 19.0. The predicted molar refractivity (Wildman–Crippen MR) is 95.9 cm³/mol. The number of rotatable bonds is 6. The number of nitrogens with one attached hydrogen (secondary N) is 1. The highest BCUT2D eigenvalue weighted by atomic mass is 19.1. The number of carbonyl (C=O) groups excluding carboxylic acids is 1. The van der Waals surface area contributed by atoms with Gasteiger partial charge < -0.3 is 14.8 Å². The van der Waals surface area contributed by atoms with Crippen LogP contribution in [0.15, 0.2) is 35.1 Å². The van der Waals surface area contributed by atoms with E-state index in [1.165, 1.54) is 37.4 Å². The van der Waals surface area contributed by atoms with E-state index in [2.05, 4.69) is 15.3 Å². The van der Waals surface area contributed by atoms with Crippen molar-refractivity contribution in [2.24, 2.45) is 0 Å². The quantitative estimate of drug-likeness (QED) is 0.788. The molecule has 0 spiro atoms. The van der Waals surface area contributed by atoms with Crippen molar-refractivity contribution in [3.05, 3.63) is 52.2 Å². The van der Waals surface area contributed by atoms with Gasteiger partial charge in [-0.05, 0) is 24.3 Å². The van der Waals surface area contributed by atoms with Crippen molar-refractivity contribution in [3.63, 3.8) is 0 Å². The van der Waals surface area contributed by atoms with E-state index in [9.17, 15) is 14.0 Å². The molecule has 8 nitrogen and oxygen atoms in total. The smallest absolute Gasteiger partial charge is 0.275 e. The van der Waals surface area contributed by atoms with Crippen LogP contribution < -0.4 is 15.6 Å². The van der Waals surface area contributed by atoms with E-state index in [1.807, 2.05) is 0 Å². The molecule has 1 aliphatic heterocycles. The van der Waals surface area contributed by atoms with Gasteiger partial charge >= 0.3 is 0 Å². The van der Waals surface area contributed by atoms with Crippen LogP contribution in [0.5, 0.6) is 5.75 Å². The monoisotopic (exact) mass is 376 g/mol. The molecule has 9 heteroatoms. The van der Waals surface area contributed by atoms with Crippen LogP contribution in [0.1, 0.15) is 10.5 Å². The van der Waals surface area contributed by atoms with E-state index in [-0.39, 0.29) is 11.4 Å². The SMILES string of the molecule is COc1cc(=O)n(-c2ccc(F)cc2)nc1C(=O)NCCN1CCOCC1. The van der Waals surface area contributed by atoms with Gasteiger partial charge in [0, 0.05) is 26.2 Å². The Kier molecular flexibility index (Phi) is 6.15. The largest absolute Gasteiger partial charge is 0.494 e. The zero-order chi connectivity index (χ0) is 19.2. The van der Waals surface area contributed by atoms with E-state index in [1.54, 1.807) is 0 Å². The molecule has 3 rings (SSSR count). The van der Waals surface area contributed by atoms with Gasteiger partial charge in [-0.15, -0.1) is 0 Å². The third kappa shape index (κ3) is 4.69. The molecular weight excluding hydrogens is 355 g/mol. The van der Waals surface area contributed by atoms with Gasteiger partial charge in [0.2, 0.25) is 0 Å². The molecule has 2 aromatic rings. The van der Waals surface area contributed by atoms with Gasteiger partial charge in [0.15, 0.2) is 11.4 Å². The fourth-order valence-corrected chi connectivity index (χ4v) is 2.76. The molecule has 0 aliphatic carbocycles. The van der Waals surface area contributed by atoms with Gasteiger partial charge in [0.25, 0.3) is 11.5 Å². The molecule has 0 atom stereocenters. The van der Waals surface area contributed by atoms with Crippen molar-refractivity contribution in [1.82, 2.24) is 20.0 Å². The summed E-state index contributed by atoms with van der Waals surface area (Å²) in [6.45, 7) is 4.14. The van der Waals surface area contributed by atoms with Crippen molar-refractivity contribution in [3.8, 4) is 11.4 Å². The second-order valence-electron chi connectivity index (χ2n) is 6.00. The second-order valence-corrected chi connectivity index (χ2v) is 6.00. The molecule has 0 radical (unpaired) electrons. The Labute approximate surface area is 155 Å². The number of morpholine rings is 1. The topological polar surface area (TPSA) is 85.7 Å². The fraction of sp³-hybridized carbons (Fsp3) is 0.389. The predicted octanol–water partition coefficient (Wildman–Crippen LogP) is 0.442. The number of aromatic nitrogens is 2. The summed E-state index contributed by atoms with van der Waals surface area (Å²) in [6.07, 6.45) is 0. The number of carbonyl (C=O) groups is 1. The summed E-state index contributed by atoms with van der Waals surface area (Å²) >= 11 is 0. The molecule has 1 aliphatic rings. The molecule has 1 aromatic carbocycles. The number of ether oxygens (including phenoxy) is 2. The summed E-state index contributed by atoms with van der Waals surface area (Å²) in [6, 6.07) is 6.45. The van der Waals surface area contributed by atoms with E-state index in [0.29, 0.717) is 32.0 Å². The van der Waals surface area contributed by atoms with Crippen molar-refractivity contribution in [2.45, 2.75) is 0 Å². The zero-order valence-corrected chi connectivity index (χ0v) is 15.0. The highest BCUT2D eigenvalue weighted by molar-refractivity contribution is 5.94. The average Bonchev–Trinajstić information content (AvgIpc) is 2.69. The van der Waals surface area contributed by atoms with Crippen LogP contribution in [0.4, 0.5) is 4.39 Å². The third-order valence-electron chi connectivity index (χ3n) is 4.22. The summed E-state index contributed by atoms with van der Waals surface area (Å²) < 4.78 is 24.6. The normalized spacial score (nSPS) is 14.7. The molecule has 1 aromatic heterocycles. The molecule has 0 unspecified atom stereocenters. The Morgan fingerprint density at radius 2 is 2.00 bits per heavy atom. The highest BCUT2D eigenvalue weighted by Crippen LogP contribution is 2.14. The maximum Gasteiger partial charge on any atom is 0.275 e. The average molecular weight is 376 g/mol. The minimum Gasteiger partial charge on any atom is -0.494 e. The van der Waals surface area contributed by atoms with Crippen molar-refractivity contribution in [1.29, 1.82) is 0 Å². The lowest BCUT2D eigenvalue weighted by molar-refractivity contribution is 0.0383. The third-order valence-corrected chi connectivity index (χ3v) is 4.22. The van der Waals surface area contributed by atoms with Crippen molar-refractivity contribution >= 4 is 5.91 Å². The molecule has 1 fully saturated rings. The summed E-state index contributed by atoms with van der Waals surface area (Å²) in [4.78, 5) is 27.0. The number of methoxy groups -OCH3 is 1. The van der Waals surface area contributed by atoms with Gasteiger partial charge in [-0.2, -0.15) is 9.78 Å². The maximum atomic E-state index is 13.1. The number of benzene rings is 1. The van der Waals surface area contributed by atoms with E-state index in [4.69, 9.17) is 9.47 Å². The Balaban J connectivity index is 1.76. The molecule has 0 bridgehead atoms. The van der Waals surface area contributed by atoms with Crippen LogP contribution in [-0.2, 0) is 4.74 Å². The number of hydrogen-bond acceptors (Lipinski definition) is 6. The maximum absolute atomic E-state index is 13.1. The van der Waals surface area contributed by atoms with Gasteiger partial charge in [-0.1, -0.05) is 0 Å². The van der Waals surface area contributed by atoms with Gasteiger partial charge in [-0.3, -0.25) is 14.5 Å². The second kappa shape index (κ2) is 8.74. The molecule has 27 heavy (non-hydrogen) atoms. The minimum atomic E-state index is -0.483. The van der Waals surface area contributed by atoms with Crippen LogP contribution in [-0.4, -0.2) is 67.1 Å². The summed E-state index contributed by atoms with van der Waals surface area (Å²) in [5.41, 5.74) is -0.141. The minimum absolute atomic E-state index is 0.0107. The van der Waals surface area contributed by atoms with E-state index >= 15 is 0 Å². The highest BCUT2D eigenvalue weighted by Gasteiger charge is 2.18. The number of nitrogens with zero attached hydrogens (tertiary/aromatic N) is 3. The van der Waals surface area contributed by atoms with Crippen molar-refractivity contribution < 1.29 is 18.7 Å². The molecule has 144 valence electrons. The molecule has 1 N–H and O–H groups in total. The Bertz CT molecular complexity index is 847. The molecule has 2 heterocycles. The summed E-state index contributed by atoms with van der Waals surface area (Å²) in [5.74, 6) is -0.792. The van der Waals surface area contributed by atoms with Crippen LogP contribution >= 0.6 is 0 Å². The van der Waals surface area contributed by atoms with E-state index < -0.39 is 17.3 Å². The Morgan fingerprint density at radius 1 is 1.30 bits per heavy atom. The fourth-order valence-electron chi connectivity index (χ4n) is 2.76.